The van der Waals surface area contributed by atoms with Crippen LogP contribution in [-0.2, 0) is 0 Å². The molecule has 2 N–H and O–H groups in total. The van der Waals surface area contributed by atoms with Crippen LogP contribution in [0.1, 0.15) is 37.0 Å². The third-order valence-electron chi connectivity index (χ3n) is 3.11. The van der Waals surface area contributed by atoms with Gasteiger partial charge in [-0.25, -0.2) is 9.59 Å². The molecule has 0 spiro atoms. The van der Waals surface area contributed by atoms with Gasteiger partial charge in [0, 0.05) is 13.1 Å². The summed E-state index contributed by atoms with van der Waals surface area (Å²) in [5.41, 5.74) is 0.503. The van der Waals surface area contributed by atoms with Crippen molar-refractivity contribution < 1.29 is 14.7 Å². The van der Waals surface area contributed by atoms with Gasteiger partial charge in [-0.3, -0.25) is 4.90 Å². The third kappa shape index (κ3) is 3.71. The molecular weight excluding hydrogens is 244 g/mol. The maximum atomic E-state index is 12.1. The standard InChI is InChI=1S/C14H20N2O3/c1-4-10(5-2)15-14(19)16(3)12-9-7-6-8-11(12)13(17)18/h6-10H,4-5H2,1-3H3,(H,15,19)(H,17,18). The molecule has 0 atom stereocenters. The van der Waals surface area contributed by atoms with Crippen molar-refractivity contribution in [3.63, 3.8) is 0 Å². The van der Waals surface area contributed by atoms with Gasteiger partial charge < -0.3 is 10.4 Å². The number of hydrogen-bond donors (Lipinski definition) is 2. The number of carboxylic acids is 1. The number of aromatic carboxylic acids is 1. The number of benzene rings is 1. The SMILES string of the molecule is CCC(CC)NC(=O)N(C)c1ccccc1C(=O)O. The average molecular weight is 264 g/mol. The zero-order valence-electron chi connectivity index (χ0n) is 11.5. The molecule has 1 aromatic carbocycles. The van der Waals surface area contributed by atoms with Gasteiger partial charge in [0.2, 0.25) is 0 Å². The summed E-state index contributed by atoms with van der Waals surface area (Å²) in [5, 5.41) is 12.0. The summed E-state index contributed by atoms with van der Waals surface area (Å²) in [6.45, 7) is 4.00. The summed E-state index contributed by atoms with van der Waals surface area (Å²) >= 11 is 0. The van der Waals surface area contributed by atoms with Crippen LogP contribution in [0.4, 0.5) is 10.5 Å². The van der Waals surface area contributed by atoms with E-state index in [1.54, 1.807) is 25.2 Å². The highest BCUT2D eigenvalue weighted by Crippen LogP contribution is 2.19. The molecule has 0 bridgehead atoms. The molecule has 0 aliphatic rings. The van der Waals surface area contributed by atoms with Crippen LogP contribution < -0.4 is 10.2 Å². The summed E-state index contributed by atoms with van der Waals surface area (Å²) < 4.78 is 0. The number of para-hydroxylation sites is 1. The van der Waals surface area contributed by atoms with Crippen LogP contribution in [0.15, 0.2) is 24.3 Å². The number of carboxylic acid groups (broad SMARTS) is 1. The van der Waals surface area contributed by atoms with Crippen LogP contribution in [-0.4, -0.2) is 30.2 Å². The number of nitrogens with zero attached hydrogens (tertiary/aromatic N) is 1. The van der Waals surface area contributed by atoms with E-state index in [-0.39, 0.29) is 17.6 Å². The highest BCUT2D eigenvalue weighted by atomic mass is 16.4. The quantitative estimate of drug-likeness (QED) is 0.859. The van der Waals surface area contributed by atoms with E-state index in [0.717, 1.165) is 12.8 Å². The monoisotopic (exact) mass is 264 g/mol. The maximum absolute atomic E-state index is 12.1. The Kier molecular flexibility index (Phi) is 5.36. The van der Waals surface area contributed by atoms with Crippen LogP contribution in [0.25, 0.3) is 0 Å². The second-order valence-corrected chi connectivity index (χ2v) is 4.34. The van der Waals surface area contributed by atoms with Crippen LogP contribution in [0, 0.1) is 0 Å². The van der Waals surface area contributed by atoms with E-state index >= 15 is 0 Å². The van der Waals surface area contributed by atoms with Crippen LogP contribution in [0.5, 0.6) is 0 Å². The second-order valence-electron chi connectivity index (χ2n) is 4.34. The molecule has 0 saturated heterocycles. The largest absolute Gasteiger partial charge is 0.478 e. The Morgan fingerprint density at radius 2 is 1.84 bits per heavy atom. The van der Waals surface area contributed by atoms with Gasteiger partial charge in [-0.1, -0.05) is 26.0 Å². The van der Waals surface area contributed by atoms with E-state index in [9.17, 15) is 9.59 Å². The number of anilines is 1. The summed E-state index contributed by atoms with van der Waals surface area (Å²) in [6.07, 6.45) is 1.69. The molecule has 0 radical (unpaired) electrons. The van der Waals surface area contributed by atoms with Crippen molar-refractivity contribution in [2.75, 3.05) is 11.9 Å². The van der Waals surface area contributed by atoms with E-state index in [0.29, 0.717) is 5.69 Å². The van der Waals surface area contributed by atoms with Gasteiger partial charge in [-0.05, 0) is 25.0 Å². The smallest absolute Gasteiger partial charge is 0.337 e. The first-order valence-electron chi connectivity index (χ1n) is 6.37. The Labute approximate surface area is 113 Å². The van der Waals surface area contributed by atoms with E-state index in [2.05, 4.69) is 5.32 Å². The Morgan fingerprint density at radius 3 is 2.37 bits per heavy atom. The van der Waals surface area contributed by atoms with Crippen molar-refractivity contribution in [2.45, 2.75) is 32.7 Å². The number of carbonyl (C=O) groups is 2. The van der Waals surface area contributed by atoms with E-state index in [4.69, 9.17) is 5.11 Å². The summed E-state index contributed by atoms with van der Waals surface area (Å²) in [7, 11) is 1.57. The van der Waals surface area contributed by atoms with E-state index in [1.807, 2.05) is 13.8 Å². The summed E-state index contributed by atoms with van der Waals surface area (Å²) in [6, 6.07) is 6.27. The van der Waals surface area contributed by atoms with Gasteiger partial charge >= 0.3 is 12.0 Å². The van der Waals surface area contributed by atoms with Crippen molar-refractivity contribution in [3.05, 3.63) is 29.8 Å². The predicted octanol–water partition coefficient (Wildman–Crippen LogP) is 2.72. The lowest BCUT2D eigenvalue weighted by atomic mass is 10.1. The van der Waals surface area contributed by atoms with Crippen molar-refractivity contribution in [2.24, 2.45) is 0 Å². The molecule has 0 unspecified atom stereocenters. The molecule has 0 aliphatic heterocycles. The van der Waals surface area contributed by atoms with Crippen LogP contribution in [0.3, 0.4) is 0 Å². The van der Waals surface area contributed by atoms with Gasteiger partial charge in [0.15, 0.2) is 0 Å². The molecule has 0 heterocycles. The highest BCUT2D eigenvalue weighted by molar-refractivity contribution is 6.01. The Bertz CT molecular complexity index is 456. The third-order valence-corrected chi connectivity index (χ3v) is 3.11. The fourth-order valence-corrected chi connectivity index (χ4v) is 1.82. The molecule has 0 fully saturated rings. The molecule has 0 aromatic heterocycles. The highest BCUT2D eigenvalue weighted by Gasteiger charge is 2.19. The van der Waals surface area contributed by atoms with Crippen LogP contribution in [0.2, 0.25) is 0 Å². The summed E-state index contributed by atoms with van der Waals surface area (Å²) in [4.78, 5) is 24.5. The molecule has 1 rings (SSSR count). The molecule has 0 aliphatic carbocycles. The van der Waals surface area contributed by atoms with Gasteiger partial charge in [-0.2, -0.15) is 0 Å². The molecule has 5 nitrogen and oxygen atoms in total. The molecule has 0 saturated carbocycles. The first kappa shape index (κ1) is 15.0. The number of nitrogens with one attached hydrogen (secondary N) is 1. The van der Waals surface area contributed by atoms with Crippen LogP contribution >= 0.6 is 0 Å². The lowest BCUT2D eigenvalue weighted by molar-refractivity contribution is 0.0697. The first-order valence-corrected chi connectivity index (χ1v) is 6.37. The molecule has 5 heteroatoms. The first-order chi connectivity index (χ1) is 9.01. The predicted molar refractivity (Wildman–Crippen MR) is 74.7 cm³/mol. The maximum Gasteiger partial charge on any atom is 0.337 e. The second kappa shape index (κ2) is 6.78. The average Bonchev–Trinajstić information content (AvgIpc) is 2.43. The Balaban J connectivity index is 2.91. The number of urea groups is 1. The molecule has 2 amide bonds. The number of rotatable bonds is 5. The normalized spacial score (nSPS) is 10.3. The van der Waals surface area contributed by atoms with Gasteiger partial charge in [0.25, 0.3) is 0 Å². The van der Waals surface area contributed by atoms with E-state index in [1.165, 1.54) is 11.0 Å². The van der Waals surface area contributed by atoms with Crippen molar-refractivity contribution >= 4 is 17.7 Å². The number of carbonyl (C=O) groups excluding carboxylic acids is 1. The zero-order chi connectivity index (χ0) is 14.4. The fraction of sp³-hybridized carbons (Fsp3) is 0.429. The summed E-state index contributed by atoms with van der Waals surface area (Å²) in [5.74, 6) is -1.04. The van der Waals surface area contributed by atoms with Crippen molar-refractivity contribution in [1.29, 1.82) is 0 Å². The minimum absolute atomic E-state index is 0.104. The number of amides is 2. The molecule has 1 aromatic rings. The molecule has 104 valence electrons. The van der Waals surface area contributed by atoms with Gasteiger partial charge in [0.1, 0.15) is 0 Å². The zero-order valence-corrected chi connectivity index (χ0v) is 11.5. The van der Waals surface area contributed by atoms with Gasteiger partial charge in [-0.15, -0.1) is 0 Å². The Morgan fingerprint density at radius 1 is 1.26 bits per heavy atom. The fourth-order valence-electron chi connectivity index (χ4n) is 1.82. The van der Waals surface area contributed by atoms with E-state index < -0.39 is 5.97 Å². The lowest BCUT2D eigenvalue weighted by Crippen LogP contribution is -2.43. The minimum atomic E-state index is -1.04. The minimum Gasteiger partial charge on any atom is -0.478 e. The number of hydrogen-bond acceptors (Lipinski definition) is 2. The van der Waals surface area contributed by atoms with Gasteiger partial charge in [0.05, 0.1) is 11.3 Å². The lowest BCUT2D eigenvalue weighted by Gasteiger charge is -2.23. The molecular formula is C14H20N2O3. The Hall–Kier alpha value is -2.04. The van der Waals surface area contributed by atoms with Crippen molar-refractivity contribution in [3.8, 4) is 0 Å². The van der Waals surface area contributed by atoms with Crippen molar-refractivity contribution in [1.82, 2.24) is 5.32 Å². The molecule has 19 heavy (non-hydrogen) atoms. The topological polar surface area (TPSA) is 69.6 Å².